The van der Waals surface area contributed by atoms with E-state index in [1.165, 1.54) is 11.8 Å². The fourth-order valence-corrected chi connectivity index (χ4v) is 2.09. The molecule has 0 radical (unpaired) electrons. The van der Waals surface area contributed by atoms with E-state index >= 15 is 0 Å². The van der Waals surface area contributed by atoms with Gasteiger partial charge >= 0.3 is 0 Å². The number of hydrogen-bond acceptors (Lipinski definition) is 6. The summed E-state index contributed by atoms with van der Waals surface area (Å²) in [6, 6.07) is 5.70. The molecule has 1 aliphatic rings. The van der Waals surface area contributed by atoms with Crippen molar-refractivity contribution in [1.29, 1.82) is 0 Å². The van der Waals surface area contributed by atoms with Gasteiger partial charge in [0.25, 0.3) is 6.20 Å². The summed E-state index contributed by atoms with van der Waals surface area (Å²) >= 11 is 1.50. The molecule has 0 atom stereocenters. The van der Waals surface area contributed by atoms with E-state index in [0.29, 0.717) is 11.6 Å². The molecular weight excluding hydrogens is 252 g/mol. The van der Waals surface area contributed by atoms with Crippen molar-refractivity contribution in [3.05, 3.63) is 51.4 Å². The van der Waals surface area contributed by atoms with Gasteiger partial charge in [0.1, 0.15) is 5.03 Å². The van der Waals surface area contributed by atoms with Crippen LogP contribution in [0.25, 0.3) is 0 Å². The number of thioether (sulfide) groups is 1. The fourth-order valence-electron chi connectivity index (χ4n) is 1.21. The zero-order chi connectivity index (χ0) is 13.2. The van der Waals surface area contributed by atoms with Gasteiger partial charge < -0.3 is 11.1 Å². The molecule has 6 nitrogen and oxygen atoms in total. The smallest absolute Gasteiger partial charge is 0.263 e. The van der Waals surface area contributed by atoms with Crippen LogP contribution in [0, 0.1) is 10.1 Å². The lowest BCUT2D eigenvalue weighted by Gasteiger charge is -2.12. The summed E-state index contributed by atoms with van der Waals surface area (Å²) in [5.74, 6) is 0.979. The van der Waals surface area contributed by atoms with Crippen LogP contribution in [0.2, 0.25) is 0 Å². The molecule has 1 fully saturated rings. The van der Waals surface area contributed by atoms with Crippen molar-refractivity contribution in [1.82, 2.24) is 10.3 Å². The summed E-state index contributed by atoms with van der Waals surface area (Å²) in [4.78, 5) is 13.5. The van der Waals surface area contributed by atoms with Gasteiger partial charge in [-0.05, 0) is 18.6 Å². The van der Waals surface area contributed by atoms with E-state index < -0.39 is 4.92 Å². The lowest BCUT2D eigenvalue weighted by molar-refractivity contribution is -0.403. The average Bonchev–Trinajstić information content (AvgIpc) is 2.41. The number of pyridine rings is 1. The summed E-state index contributed by atoms with van der Waals surface area (Å²) in [7, 11) is 0. The molecule has 2 heterocycles. The zero-order valence-corrected chi connectivity index (χ0v) is 10.7. The Labute approximate surface area is 110 Å². The highest BCUT2D eigenvalue weighted by atomic mass is 32.2. The second kappa shape index (κ2) is 8.48. The van der Waals surface area contributed by atoms with Crippen LogP contribution in [-0.2, 0) is 6.54 Å². The first-order chi connectivity index (χ1) is 8.72. The molecule has 1 aliphatic heterocycles. The minimum absolute atomic E-state index is 0.430. The van der Waals surface area contributed by atoms with Crippen molar-refractivity contribution in [3.63, 3.8) is 0 Å². The van der Waals surface area contributed by atoms with E-state index in [1.54, 1.807) is 6.20 Å². The molecular formula is C11H16N4O2S. The second-order valence-corrected chi connectivity index (χ2v) is 4.57. The Bertz CT molecular complexity index is 389. The summed E-state index contributed by atoms with van der Waals surface area (Å²) in [5.41, 5.74) is 6.22. The van der Waals surface area contributed by atoms with E-state index in [1.807, 2.05) is 18.2 Å². The van der Waals surface area contributed by atoms with Crippen molar-refractivity contribution in [2.75, 3.05) is 12.3 Å². The molecule has 98 valence electrons. The third-order valence-corrected chi connectivity index (χ3v) is 3.09. The maximum atomic E-state index is 9.94. The first-order valence-electron chi connectivity index (χ1n) is 5.54. The average molecular weight is 268 g/mol. The molecule has 0 unspecified atom stereocenters. The van der Waals surface area contributed by atoms with Crippen molar-refractivity contribution < 1.29 is 4.92 Å². The number of nitrogens with one attached hydrogen (secondary N) is 1. The molecule has 7 heteroatoms. The van der Waals surface area contributed by atoms with Crippen LogP contribution < -0.4 is 11.1 Å². The molecule has 3 N–H and O–H groups in total. The topological polar surface area (TPSA) is 94.1 Å². The van der Waals surface area contributed by atoms with Crippen LogP contribution in [0.3, 0.4) is 0 Å². The highest BCUT2D eigenvalue weighted by Gasteiger charge is 2.07. The van der Waals surface area contributed by atoms with Crippen LogP contribution in [0.4, 0.5) is 0 Å². The highest BCUT2D eigenvalue weighted by Crippen LogP contribution is 2.17. The Morgan fingerprint density at radius 2 is 2.44 bits per heavy atom. The Kier molecular flexibility index (Phi) is 6.82. The van der Waals surface area contributed by atoms with Gasteiger partial charge in [0, 0.05) is 25.0 Å². The summed E-state index contributed by atoms with van der Waals surface area (Å²) in [6.07, 6.45) is 3.84. The van der Waals surface area contributed by atoms with E-state index in [4.69, 9.17) is 5.73 Å². The lowest BCUT2D eigenvalue weighted by atomic mass is 10.4. The highest BCUT2D eigenvalue weighted by molar-refractivity contribution is 8.03. The lowest BCUT2D eigenvalue weighted by Crippen LogP contribution is -2.19. The molecule has 0 bridgehead atoms. The molecule has 1 aromatic heterocycles. The van der Waals surface area contributed by atoms with Crippen molar-refractivity contribution in [3.8, 4) is 0 Å². The van der Waals surface area contributed by atoms with Gasteiger partial charge in [0.2, 0.25) is 0 Å². The fraction of sp³-hybridized carbons (Fsp3) is 0.364. The summed E-state index contributed by atoms with van der Waals surface area (Å²) in [5, 5.41) is 13.6. The number of rotatable bonds is 2. The van der Waals surface area contributed by atoms with Crippen molar-refractivity contribution in [2.45, 2.75) is 13.0 Å². The van der Waals surface area contributed by atoms with E-state index in [2.05, 4.69) is 10.3 Å². The second-order valence-electron chi connectivity index (χ2n) is 3.43. The van der Waals surface area contributed by atoms with E-state index in [-0.39, 0.29) is 0 Å². The third kappa shape index (κ3) is 6.21. The van der Waals surface area contributed by atoms with Crippen LogP contribution in [0.15, 0.2) is 35.6 Å². The van der Waals surface area contributed by atoms with Gasteiger partial charge in [-0.25, -0.2) is 0 Å². The minimum atomic E-state index is -0.430. The Morgan fingerprint density at radius 1 is 1.61 bits per heavy atom. The Hall–Kier alpha value is -1.60. The molecule has 0 spiro atoms. The Balaban J connectivity index is 0.000000184. The molecule has 1 aromatic rings. The number of nitrogens with two attached hydrogens (primary N) is 1. The third-order valence-electron chi connectivity index (χ3n) is 2.04. The zero-order valence-electron chi connectivity index (χ0n) is 9.91. The van der Waals surface area contributed by atoms with Gasteiger partial charge in [-0.2, -0.15) is 0 Å². The maximum absolute atomic E-state index is 9.94. The van der Waals surface area contributed by atoms with Crippen LogP contribution >= 0.6 is 11.8 Å². The first kappa shape index (κ1) is 14.5. The van der Waals surface area contributed by atoms with Gasteiger partial charge in [0.05, 0.1) is 10.6 Å². The number of hydrogen-bond donors (Lipinski definition) is 2. The van der Waals surface area contributed by atoms with Crippen molar-refractivity contribution >= 4 is 11.8 Å². The maximum Gasteiger partial charge on any atom is 0.263 e. The van der Waals surface area contributed by atoms with Gasteiger partial charge in [-0.15, -0.1) is 11.8 Å². The van der Waals surface area contributed by atoms with Crippen molar-refractivity contribution in [2.24, 2.45) is 5.73 Å². The number of nitrogens with zero attached hydrogens (tertiary/aromatic N) is 2. The first-order valence-corrected chi connectivity index (χ1v) is 6.53. The van der Waals surface area contributed by atoms with E-state index in [0.717, 1.165) is 30.6 Å². The number of aromatic nitrogens is 1. The summed E-state index contributed by atoms with van der Waals surface area (Å²) < 4.78 is 0. The van der Waals surface area contributed by atoms with Crippen LogP contribution in [-0.4, -0.2) is 22.2 Å². The van der Waals surface area contributed by atoms with E-state index in [9.17, 15) is 10.1 Å². The van der Waals surface area contributed by atoms with Gasteiger partial charge in [0.15, 0.2) is 0 Å². The molecule has 0 aliphatic carbocycles. The normalized spacial score (nSPS) is 16.4. The molecule has 0 saturated carbocycles. The minimum Gasteiger partial charge on any atom is -0.375 e. The number of nitro groups is 1. The van der Waals surface area contributed by atoms with Gasteiger partial charge in [-0.1, -0.05) is 6.07 Å². The standard InChI is InChI=1S/C6H8N2.C5H8N2O2S/c7-5-6-3-1-2-4-8-6;8-7(9)4-5-6-2-1-3-10-5/h1-4H,5,7H2;4,6H,1-3H2/b;5-4-. The SMILES string of the molecule is NCc1ccccn1.O=[N+]([O-])/C=C1/NCCCS1. The predicted octanol–water partition coefficient (Wildman–Crippen LogP) is 1.33. The molecule has 2 rings (SSSR count). The van der Waals surface area contributed by atoms with Crippen LogP contribution in [0.1, 0.15) is 12.1 Å². The molecule has 0 amide bonds. The Morgan fingerprint density at radius 3 is 2.89 bits per heavy atom. The van der Waals surface area contributed by atoms with Gasteiger partial charge in [-0.3, -0.25) is 15.1 Å². The summed E-state index contributed by atoms with van der Waals surface area (Å²) in [6.45, 7) is 1.38. The largest absolute Gasteiger partial charge is 0.375 e. The molecule has 18 heavy (non-hydrogen) atoms. The van der Waals surface area contributed by atoms with Crippen LogP contribution in [0.5, 0.6) is 0 Å². The monoisotopic (exact) mass is 268 g/mol. The molecule has 1 saturated heterocycles. The quantitative estimate of drug-likeness (QED) is 0.620. The molecule has 0 aromatic carbocycles. The predicted molar refractivity (Wildman–Crippen MR) is 72.3 cm³/mol.